The molecule has 5 aromatic rings. The van der Waals surface area contributed by atoms with Gasteiger partial charge in [-0.25, -0.2) is 33.2 Å². The molecule has 2 aliphatic heterocycles. The zero-order valence-electron chi connectivity index (χ0n) is 37.8. The molecule has 364 valence electrons. The minimum absolute atomic E-state index is 0.0236. The van der Waals surface area contributed by atoms with Gasteiger partial charge >= 0.3 is 15.6 Å². The number of benzene rings is 2. The lowest BCUT2D eigenvalue weighted by atomic mass is 10.1. The average molecular weight is 1000 g/mol. The normalized spacial score (nSPS) is 24.9. The molecule has 0 saturated carbocycles. The number of imidazole rings is 1. The van der Waals surface area contributed by atoms with E-state index in [2.05, 4.69) is 30.6 Å². The molecule has 7 rings (SSSR count). The number of nitriles is 2. The van der Waals surface area contributed by atoms with Crippen molar-refractivity contribution in [3.8, 4) is 12.1 Å². The van der Waals surface area contributed by atoms with E-state index < -0.39 is 105 Å². The second kappa shape index (κ2) is 21.0. The van der Waals surface area contributed by atoms with Gasteiger partial charge in [0.25, 0.3) is 5.91 Å². The molecule has 1 amide bonds. The van der Waals surface area contributed by atoms with Gasteiger partial charge in [0.1, 0.15) is 42.4 Å². The quantitative estimate of drug-likeness (QED) is 0.0444. The van der Waals surface area contributed by atoms with Crippen LogP contribution in [0.15, 0.2) is 61.2 Å². The topological polar surface area (TPSA) is 299 Å². The van der Waals surface area contributed by atoms with Crippen LogP contribution in [0.3, 0.4) is 0 Å². The lowest BCUT2D eigenvalue weighted by Crippen LogP contribution is -2.50. The first-order chi connectivity index (χ1) is 32.3. The van der Waals surface area contributed by atoms with Crippen LogP contribution in [-0.4, -0.2) is 122 Å². The molecule has 0 aliphatic carbocycles. The summed E-state index contributed by atoms with van der Waals surface area (Å²) in [5.74, 6) is -0.542. The number of alkyl halides is 1. The molecule has 0 bridgehead atoms. The summed E-state index contributed by atoms with van der Waals surface area (Å²) in [5.41, 5.74) is 2.13. The number of aliphatic hydroxyl groups is 1. The highest BCUT2D eigenvalue weighted by Gasteiger charge is 2.56. The summed E-state index contributed by atoms with van der Waals surface area (Å²) in [5, 5.41) is 40.1. The van der Waals surface area contributed by atoms with Crippen LogP contribution in [0.1, 0.15) is 62.0 Å². The second-order valence-corrected chi connectivity index (χ2v) is 25.1. The van der Waals surface area contributed by atoms with Crippen LogP contribution in [-0.2, 0) is 45.6 Å². The summed E-state index contributed by atoms with van der Waals surface area (Å²) in [6.45, 7) is 9.23. The first kappa shape index (κ1) is 50.9. The monoisotopic (exact) mass is 1000 g/mol. The molecule has 3 N–H and O–H groups in total. The summed E-state index contributed by atoms with van der Waals surface area (Å²) in [6.07, 6.45) is -11.0. The molecular weight excluding hydrogens is 950 g/mol. The molecule has 27 heteroatoms. The molecule has 5 heterocycles. The molecule has 0 spiro atoms. The van der Waals surface area contributed by atoms with Crippen molar-refractivity contribution in [2.24, 2.45) is 0 Å². The largest absolute Gasteiger partial charge is 0.475 e. The van der Waals surface area contributed by atoms with Crippen LogP contribution in [0.5, 0.6) is 0 Å². The first-order valence-corrected chi connectivity index (χ1v) is 27.2. The Morgan fingerprint density at radius 2 is 1.62 bits per heavy atom. The minimum Gasteiger partial charge on any atom is -0.408 e. The van der Waals surface area contributed by atoms with Crippen molar-refractivity contribution in [1.29, 1.82) is 10.5 Å². The fraction of sp³-hybridized carbons (Fsp3) is 0.512. The van der Waals surface area contributed by atoms with Crippen LogP contribution in [0.4, 0.5) is 10.2 Å². The maximum absolute atomic E-state index is 16.9. The molecule has 2 fully saturated rings. The molecule has 2 aromatic carbocycles. The number of phosphoric acid groups is 2. The minimum atomic E-state index is -5.13. The van der Waals surface area contributed by atoms with Gasteiger partial charge in [0.2, 0.25) is 0 Å². The number of amides is 1. The van der Waals surface area contributed by atoms with Crippen LogP contribution >= 0.6 is 15.6 Å². The summed E-state index contributed by atoms with van der Waals surface area (Å²) in [7, 11) is -12.9. The lowest BCUT2D eigenvalue weighted by Gasteiger charge is -2.40. The zero-order chi connectivity index (χ0) is 49.0. The van der Waals surface area contributed by atoms with Gasteiger partial charge in [-0.05, 0) is 48.8 Å². The van der Waals surface area contributed by atoms with Gasteiger partial charge in [0.05, 0.1) is 63.3 Å². The number of ether oxygens (including phenoxy) is 2. The second-order valence-electron chi connectivity index (χ2n) is 17.3. The van der Waals surface area contributed by atoms with E-state index in [4.69, 9.17) is 41.8 Å². The average Bonchev–Trinajstić information content (AvgIpc) is 4.07. The van der Waals surface area contributed by atoms with Gasteiger partial charge in [0.15, 0.2) is 43.9 Å². The Morgan fingerprint density at radius 1 is 0.912 bits per heavy atom. The van der Waals surface area contributed by atoms with Crippen molar-refractivity contribution in [2.75, 3.05) is 31.7 Å². The zero-order valence-corrected chi connectivity index (χ0v) is 40.6. The Kier molecular flexibility index (Phi) is 15.7. The highest BCUT2D eigenvalue weighted by atomic mass is 31.2. The number of carbonyl (C=O) groups is 1. The van der Waals surface area contributed by atoms with E-state index in [0.29, 0.717) is 16.6 Å². The molecule has 3 unspecified atom stereocenters. The standard InChI is InChI=1S/C41H51FN10O13P2Si/c1-25-13-10-16-27-31(25)49-50-52(27)40-35(34(28(21-53)61-40)65-68(5,6)41(2,3)4)64-67(57,59-20-12-18-44)60-22-29-33(63-66(55,56)58-19-11-17-43)30(42)39(62-29)51-24-47-32-36(45-23-46-37(32)51)48-38(54)26-14-8-7-9-15-26/h7-10,13-16,23-24,28-30,33-35,39-40,53H,11-12,19-22H2,1-6H3,(H,55,56)(H,45,46,48,54)/t28?,29-,30-,33-,34-,35-,39-,40-,67?/m1/s1. The number of hydrogen-bond donors (Lipinski definition) is 3. The van der Waals surface area contributed by atoms with Gasteiger partial charge < -0.3 is 29.2 Å². The number of carbonyl (C=O) groups excluding carboxylic acids is 1. The molecule has 10 atom stereocenters. The van der Waals surface area contributed by atoms with Crippen LogP contribution in [0.25, 0.3) is 22.2 Å². The van der Waals surface area contributed by atoms with Gasteiger partial charge in [-0.2, -0.15) is 10.5 Å². The van der Waals surface area contributed by atoms with E-state index >= 15 is 8.96 Å². The molecule has 23 nitrogen and oxygen atoms in total. The number of phosphoric ester groups is 2. The Hall–Kier alpha value is -4.95. The van der Waals surface area contributed by atoms with Gasteiger partial charge in [-0.15, -0.1) is 5.10 Å². The van der Waals surface area contributed by atoms with Crippen molar-refractivity contribution in [3.05, 3.63) is 72.3 Å². The summed E-state index contributed by atoms with van der Waals surface area (Å²) in [4.78, 5) is 36.4. The van der Waals surface area contributed by atoms with Gasteiger partial charge in [-0.1, -0.05) is 56.3 Å². The molecular formula is C41H51FN10O13P2Si. The number of rotatable bonds is 20. The molecule has 3 aromatic heterocycles. The number of aromatic nitrogens is 7. The van der Waals surface area contributed by atoms with Crippen molar-refractivity contribution in [3.63, 3.8) is 0 Å². The Bertz CT molecular complexity index is 2770. The predicted octanol–water partition coefficient (Wildman–Crippen LogP) is 6.20. The van der Waals surface area contributed by atoms with Crippen LogP contribution in [0.2, 0.25) is 18.1 Å². The number of halogens is 1. The summed E-state index contributed by atoms with van der Waals surface area (Å²) in [6, 6.07) is 17.3. The number of anilines is 1. The highest BCUT2D eigenvalue weighted by Crippen LogP contribution is 2.56. The predicted molar refractivity (Wildman–Crippen MR) is 239 cm³/mol. The smallest absolute Gasteiger partial charge is 0.408 e. The van der Waals surface area contributed by atoms with Crippen LogP contribution in [0, 0.1) is 29.6 Å². The van der Waals surface area contributed by atoms with E-state index in [0.717, 1.165) is 22.8 Å². The van der Waals surface area contributed by atoms with E-state index in [1.165, 1.54) is 4.68 Å². The number of fused-ring (bicyclic) bond motifs is 2. The van der Waals surface area contributed by atoms with Crippen molar-refractivity contribution in [2.45, 2.75) is 108 Å². The highest BCUT2D eigenvalue weighted by molar-refractivity contribution is 7.48. The maximum Gasteiger partial charge on any atom is 0.475 e. The Balaban J connectivity index is 1.23. The number of hydrogen-bond acceptors (Lipinski definition) is 19. The summed E-state index contributed by atoms with van der Waals surface area (Å²) >= 11 is 0. The van der Waals surface area contributed by atoms with Gasteiger partial charge in [-0.3, -0.25) is 32.0 Å². The van der Waals surface area contributed by atoms with E-state index in [-0.39, 0.29) is 34.9 Å². The van der Waals surface area contributed by atoms with Crippen LogP contribution < -0.4 is 5.32 Å². The number of aliphatic hydroxyl groups excluding tert-OH is 1. The molecule has 68 heavy (non-hydrogen) atoms. The Morgan fingerprint density at radius 3 is 2.31 bits per heavy atom. The third kappa shape index (κ3) is 11.1. The third-order valence-corrected chi connectivity index (χ3v) is 18.6. The number of aryl methyl sites for hydroxylation is 1. The summed E-state index contributed by atoms with van der Waals surface area (Å²) < 4.78 is 95.4. The molecule has 2 saturated heterocycles. The van der Waals surface area contributed by atoms with E-state index in [1.807, 2.05) is 52.9 Å². The number of nitrogens with one attached hydrogen (secondary N) is 1. The SMILES string of the molecule is Cc1cccc2c1nnn2[C@@H]1OC(CO)[C@@H](O[Si](C)(C)C(C)(C)C)[C@H]1OP(=O)(OCCC#N)OC[C@H]1O[C@@H](n2cnc3c(NC(=O)c4ccccc4)ncnc32)[C@H](F)[C@@H]1OP(=O)(O)OCCC#N. The van der Waals surface area contributed by atoms with Gasteiger partial charge in [0, 0.05) is 5.56 Å². The molecule has 0 radical (unpaired) electrons. The fourth-order valence-corrected chi connectivity index (χ4v) is 10.8. The van der Waals surface area contributed by atoms with E-state index in [9.17, 15) is 24.6 Å². The van der Waals surface area contributed by atoms with E-state index in [1.54, 1.807) is 48.5 Å². The maximum atomic E-state index is 16.9. The fourth-order valence-electron chi connectivity index (χ4n) is 7.19. The van der Waals surface area contributed by atoms with Crippen molar-refractivity contribution in [1.82, 2.24) is 34.5 Å². The molecule has 2 aliphatic rings. The van der Waals surface area contributed by atoms with Crippen molar-refractivity contribution >= 4 is 57.9 Å². The third-order valence-electron chi connectivity index (χ3n) is 11.6. The van der Waals surface area contributed by atoms with Crippen molar-refractivity contribution < 1.29 is 64.8 Å². The first-order valence-electron chi connectivity index (χ1n) is 21.4. The lowest BCUT2D eigenvalue weighted by molar-refractivity contribution is -0.0662. The Labute approximate surface area is 390 Å². The number of nitrogens with zero attached hydrogens (tertiary/aromatic N) is 9.